The van der Waals surface area contributed by atoms with Crippen molar-refractivity contribution in [3.63, 3.8) is 0 Å². The average Bonchev–Trinajstić information content (AvgIpc) is 2.61. The SMILES string of the molecule is COc1ccc([C@H](CC(=O)Nc2ccc(OC)nc2)NC(C)=O)cc1. The quantitative estimate of drug-likeness (QED) is 0.805. The summed E-state index contributed by atoms with van der Waals surface area (Å²) in [5.74, 6) is 0.729. The maximum atomic E-state index is 12.3. The summed E-state index contributed by atoms with van der Waals surface area (Å²) in [6, 6.07) is 10.1. The number of carbonyl (C=O) groups excluding carboxylic acids is 2. The Hall–Kier alpha value is -3.09. The third-order valence-corrected chi connectivity index (χ3v) is 3.51. The maximum Gasteiger partial charge on any atom is 0.226 e. The molecule has 0 saturated heterocycles. The van der Waals surface area contributed by atoms with E-state index in [2.05, 4.69) is 15.6 Å². The number of methoxy groups -OCH3 is 2. The van der Waals surface area contributed by atoms with Gasteiger partial charge in [0.25, 0.3) is 0 Å². The standard InChI is InChI=1S/C18H21N3O4/c1-12(22)20-16(13-4-7-15(24-2)8-5-13)10-17(23)21-14-6-9-18(25-3)19-11-14/h4-9,11,16H,10H2,1-3H3,(H,20,22)(H,21,23)/t16-/m0/s1. The fourth-order valence-corrected chi connectivity index (χ4v) is 2.31. The molecule has 2 amide bonds. The largest absolute Gasteiger partial charge is 0.497 e. The molecule has 0 radical (unpaired) electrons. The predicted octanol–water partition coefficient (Wildman–Crippen LogP) is 2.30. The molecule has 2 aromatic rings. The van der Waals surface area contributed by atoms with Crippen LogP contribution in [0.1, 0.15) is 24.9 Å². The first-order chi connectivity index (χ1) is 12.0. The van der Waals surface area contributed by atoms with Gasteiger partial charge in [0.2, 0.25) is 17.7 Å². The summed E-state index contributed by atoms with van der Waals surface area (Å²) in [4.78, 5) is 27.8. The van der Waals surface area contributed by atoms with Crippen molar-refractivity contribution in [3.8, 4) is 11.6 Å². The highest BCUT2D eigenvalue weighted by atomic mass is 16.5. The second-order valence-electron chi connectivity index (χ2n) is 5.37. The number of amides is 2. The van der Waals surface area contributed by atoms with Crippen molar-refractivity contribution >= 4 is 17.5 Å². The Bertz CT molecular complexity index is 714. The van der Waals surface area contributed by atoms with Crippen LogP contribution in [0.15, 0.2) is 42.6 Å². The molecule has 2 N–H and O–H groups in total. The molecule has 25 heavy (non-hydrogen) atoms. The molecule has 7 nitrogen and oxygen atoms in total. The zero-order valence-corrected chi connectivity index (χ0v) is 14.4. The summed E-state index contributed by atoms with van der Waals surface area (Å²) < 4.78 is 10.1. The summed E-state index contributed by atoms with van der Waals surface area (Å²) in [6.07, 6.45) is 1.61. The highest BCUT2D eigenvalue weighted by Crippen LogP contribution is 2.21. The topological polar surface area (TPSA) is 89.6 Å². The Balaban J connectivity index is 2.06. The van der Waals surface area contributed by atoms with Gasteiger partial charge in [0.05, 0.1) is 38.6 Å². The van der Waals surface area contributed by atoms with Gasteiger partial charge in [0.1, 0.15) is 5.75 Å². The molecule has 0 aliphatic rings. The smallest absolute Gasteiger partial charge is 0.226 e. The maximum absolute atomic E-state index is 12.3. The van der Waals surface area contributed by atoms with Gasteiger partial charge in [0, 0.05) is 13.0 Å². The molecular formula is C18H21N3O4. The van der Waals surface area contributed by atoms with Gasteiger partial charge in [-0.1, -0.05) is 12.1 Å². The molecule has 2 rings (SSSR count). The van der Waals surface area contributed by atoms with E-state index in [-0.39, 0.29) is 18.2 Å². The lowest BCUT2D eigenvalue weighted by molar-refractivity contribution is -0.120. The number of rotatable bonds is 7. The molecule has 0 aliphatic carbocycles. The minimum absolute atomic E-state index is 0.0952. The second kappa shape index (κ2) is 8.68. The molecule has 1 aromatic carbocycles. The highest BCUT2D eigenvalue weighted by molar-refractivity contribution is 5.91. The lowest BCUT2D eigenvalue weighted by Gasteiger charge is -2.18. The van der Waals surface area contributed by atoms with Gasteiger partial charge in [-0.2, -0.15) is 0 Å². The van der Waals surface area contributed by atoms with Crippen LogP contribution in [0.3, 0.4) is 0 Å². The van der Waals surface area contributed by atoms with E-state index >= 15 is 0 Å². The van der Waals surface area contributed by atoms with E-state index in [0.29, 0.717) is 17.3 Å². The molecule has 0 spiro atoms. The normalized spacial score (nSPS) is 11.3. The third-order valence-electron chi connectivity index (χ3n) is 3.51. The van der Waals surface area contributed by atoms with Crippen molar-refractivity contribution in [1.29, 1.82) is 0 Å². The van der Waals surface area contributed by atoms with E-state index in [9.17, 15) is 9.59 Å². The van der Waals surface area contributed by atoms with Gasteiger partial charge < -0.3 is 20.1 Å². The van der Waals surface area contributed by atoms with Crippen LogP contribution in [-0.2, 0) is 9.59 Å². The Labute approximate surface area is 146 Å². The minimum Gasteiger partial charge on any atom is -0.497 e. The summed E-state index contributed by atoms with van der Waals surface area (Å²) in [6.45, 7) is 1.42. The van der Waals surface area contributed by atoms with Crippen molar-refractivity contribution in [2.45, 2.75) is 19.4 Å². The van der Waals surface area contributed by atoms with E-state index in [1.54, 1.807) is 31.4 Å². The van der Waals surface area contributed by atoms with Gasteiger partial charge >= 0.3 is 0 Å². The summed E-state index contributed by atoms with van der Waals surface area (Å²) >= 11 is 0. The zero-order valence-electron chi connectivity index (χ0n) is 14.4. The number of hydrogen-bond acceptors (Lipinski definition) is 5. The molecule has 1 heterocycles. The number of benzene rings is 1. The molecule has 0 aliphatic heterocycles. The number of carbonyl (C=O) groups is 2. The number of aromatic nitrogens is 1. The summed E-state index contributed by atoms with van der Waals surface area (Å²) in [5, 5.41) is 5.55. The first kappa shape index (κ1) is 18.3. The number of anilines is 1. The zero-order chi connectivity index (χ0) is 18.2. The van der Waals surface area contributed by atoms with Crippen LogP contribution in [0, 0.1) is 0 Å². The molecule has 0 fully saturated rings. The van der Waals surface area contributed by atoms with Crippen molar-refractivity contribution in [2.24, 2.45) is 0 Å². The van der Waals surface area contributed by atoms with Gasteiger partial charge in [-0.3, -0.25) is 9.59 Å². The third kappa shape index (κ3) is 5.49. The second-order valence-corrected chi connectivity index (χ2v) is 5.37. The molecule has 0 bridgehead atoms. The van der Waals surface area contributed by atoms with Crippen LogP contribution in [0.2, 0.25) is 0 Å². The van der Waals surface area contributed by atoms with Crippen LogP contribution in [0.4, 0.5) is 5.69 Å². The summed E-state index contributed by atoms with van der Waals surface area (Å²) in [5.41, 5.74) is 1.38. The Morgan fingerprint density at radius 2 is 1.80 bits per heavy atom. The Morgan fingerprint density at radius 1 is 1.08 bits per heavy atom. The van der Waals surface area contributed by atoms with Gasteiger partial charge in [0.15, 0.2) is 0 Å². The lowest BCUT2D eigenvalue weighted by Crippen LogP contribution is -2.29. The van der Waals surface area contributed by atoms with E-state index in [4.69, 9.17) is 9.47 Å². The molecule has 0 saturated carbocycles. The monoisotopic (exact) mass is 343 g/mol. The van der Waals surface area contributed by atoms with Crippen LogP contribution in [0.25, 0.3) is 0 Å². The van der Waals surface area contributed by atoms with Crippen molar-refractivity contribution in [1.82, 2.24) is 10.3 Å². The molecular weight excluding hydrogens is 322 g/mol. The van der Waals surface area contributed by atoms with Gasteiger partial charge in [-0.25, -0.2) is 4.98 Å². The number of nitrogens with one attached hydrogen (secondary N) is 2. The van der Waals surface area contributed by atoms with Crippen molar-refractivity contribution in [2.75, 3.05) is 19.5 Å². The number of ether oxygens (including phenoxy) is 2. The fourth-order valence-electron chi connectivity index (χ4n) is 2.31. The molecule has 7 heteroatoms. The number of pyridine rings is 1. The first-order valence-corrected chi connectivity index (χ1v) is 7.72. The van der Waals surface area contributed by atoms with Gasteiger partial charge in [-0.05, 0) is 23.8 Å². The molecule has 132 valence electrons. The van der Waals surface area contributed by atoms with E-state index < -0.39 is 6.04 Å². The average molecular weight is 343 g/mol. The Morgan fingerprint density at radius 3 is 2.32 bits per heavy atom. The van der Waals surface area contributed by atoms with Crippen LogP contribution >= 0.6 is 0 Å². The fraction of sp³-hybridized carbons (Fsp3) is 0.278. The van der Waals surface area contributed by atoms with Crippen LogP contribution in [-0.4, -0.2) is 31.0 Å². The first-order valence-electron chi connectivity index (χ1n) is 7.72. The van der Waals surface area contributed by atoms with E-state index in [1.165, 1.54) is 20.2 Å². The predicted molar refractivity (Wildman–Crippen MR) is 93.6 cm³/mol. The number of nitrogens with zero attached hydrogens (tertiary/aromatic N) is 1. The number of hydrogen-bond donors (Lipinski definition) is 2. The lowest BCUT2D eigenvalue weighted by atomic mass is 10.0. The molecule has 1 aromatic heterocycles. The van der Waals surface area contributed by atoms with E-state index in [0.717, 1.165) is 5.56 Å². The molecule has 0 unspecified atom stereocenters. The minimum atomic E-state index is -0.436. The van der Waals surface area contributed by atoms with E-state index in [1.807, 2.05) is 12.1 Å². The van der Waals surface area contributed by atoms with Crippen LogP contribution < -0.4 is 20.1 Å². The van der Waals surface area contributed by atoms with Gasteiger partial charge in [-0.15, -0.1) is 0 Å². The Kier molecular flexibility index (Phi) is 6.33. The van der Waals surface area contributed by atoms with Crippen molar-refractivity contribution in [3.05, 3.63) is 48.2 Å². The highest BCUT2D eigenvalue weighted by Gasteiger charge is 2.17. The molecule has 1 atom stereocenters. The van der Waals surface area contributed by atoms with Crippen molar-refractivity contribution < 1.29 is 19.1 Å². The summed E-state index contributed by atoms with van der Waals surface area (Å²) in [7, 11) is 3.10. The van der Waals surface area contributed by atoms with Crippen LogP contribution in [0.5, 0.6) is 11.6 Å².